The van der Waals surface area contributed by atoms with Crippen molar-refractivity contribution in [2.45, 2.75) is 13.0 Å². The third-order valence-corrected chi connectivity index (χ3v) is 2.55. The Hall–Kier alpha value is -3.01. The van der Waals surface area contributed by atoms with E-state index in [9.17, 15) is 24.8 Å². The predicted octanol–water partition coefficient (Wildman–Crippen LogP) is -0.536. The molecule has 0 spiro atoms. The summed E-state index contributed by atoms with van der Waals surface area (Å²) >= 11 is 0. The molecule has 10 nitrogen and oxygen atoms in total. The summed E-state index contributed by atoms with van der Waals surface area (Å²) in [5.41, 5.74) is 7.27. The van der Waals surface area contributed by atoms with E-state index in [0.717, 1.165) is 0 Å². The fraction of sp³-hybridized carbons (Fsp3) is 0.250. The zero-order valence-electron chi connectivity index (χ0n) is 11.6. The zero-order valence-corrected chi connectivity index (χ0v) is 11.6. The molecule has 1 atom stereocenters. The highest BCUT2D eigenvalue weighted by atomic mass is 16.6. The van der Waals surface area contributed by atoms with Crippen LogP contribution in [0.4, 0.5) is 10.5 Å². The van der Waals surface area contributed by atoms with Gasteiger partial charge in [-0.15, -0.1) is 0 Å². The number of nitro groups is 1. The van der Waals surface area contributed by atoms with Gasteiger partial charge in [0.1, 0.15) is 0 Å². The van der Waals surface area contributed by atoms with Crippen molar-refractivity contribution in [3.05, 3.63) is 39.9 Å². The summed E-state index contributed by atoms with van der Waals surface area (Å²) in [6.07, 6.45) is 0. The van der Waals surface area contributed by atoms with Crippen LogP contribution in [0.5, 0.6) is 0 Å². The first-order valence-corrected chi connectivity index (χ1v) is 6.11. The standard InChI is InChI=1S/C12H15N5O5/c1-7(19)14-10(6-18)11(15-16-12(13)20)8-2-4-9(5-3-8)17(21)22/h2-5,10,18H,6H2,1H3,(H,14,19)(H3,13,16,20)/b15-11+. The number of rotatable bonds is 6. The van der Waals surface area contributed by atoms with E-state index in [1.165, 1.54) is 31.2 Å². The normalized spacial score (nSPS) is 12.4. The SMILES string of the molecule is CC(=O)NC(CO)/C(=N/NC(N)=O)c1ccc([N+](=O)[O-])cc1. The van der Waals surface area contributed by atoms with E-state index in [4.69, 9.17) is 5.73 Å². The molecule has 1 unspecified atom stereocenters. The van der Waals surface area contributed by atoms with Crippen LogP contribution in [-0.4, -0.2) is 40.3 Å². The molecule has 0 aliphatic heterocycles. The molecule has 5 N–H and O–H groups in total. The molecule has 0 bridgehead atoms. The lowest BCUT2D eigenvalue weighted by molar-refractivity contribution is -0.384. The molecule has 0 aliphatic carbocycles. The van der Waals surface area contributed by atoms with Crippen molar-refractivity contribution in [2.24, 2.45) is 10.8 Å². The lowest BCUT2D eigenvalue weighted by atomic mass is 10.0. The molecule has 1 rings (SSSR count). The minimum atomic E-state index is -0.932. The van der Waals surface area contributed by atoms with Crippen LogP contribution in [0.3, 0.4) is 0 Å². The Balaban J connectivity index is 3.18. The number of aliphatic hydroxyl groups is 1. The number of non-ortho nitro benzene ring substituents is 1. The predicted molar refractivity (Wildman–Crippen MR) is 77.0 cm³/mol. The smallest absolute Gasteiger partial charge is 0.332 e. The first kappa shape index (κ1) is 17.0. The second-order valence-corrected chi connectivity index (χ2v) is 4.21. The summed E-state index contributed by atoms with van der Waals surface area (Å²) in [4.78, 5) is 32.0. The van der Waals surface area contributed by atoms with Crippen LogP contribution in [-0.2, 0) is 4.79 Å². The minimum absolute atomic E-state index is 0.103. The summed E-state index contributed by atoms with van der Waals surface area (Å²) in [6.45, 7) is 0.757. The molecule has 10 heteroatoms. The van der Waals surface area contributed by atoms with Crippen molar-refractivity contribution >= 4 is 23.3 Å². The molecule has 3 amide bonds. The number of hydrogen-bond donors (Lipinski definition) is 4. The van der Waals surface area contributed by atoms with Gasteiger partial charge >= 0.3 is 6.03 Å². The quantitative estimate of drug-likeness (QED) is 0.315. The average molecular weight is 309 g/mol. The number of nitrogens with two attached hydrogens (primary N) is 1. The van der Waals surface area contributed by atoms with Crippen molar-refractivity contribution < 1.29 is 19.6 Å². The zero-order chi connectivity index (χ0) is 16.7. The van der Waals surface area contributed by atoms with Gasteiger partial charge < -0.3 is 16.2 Å². The number of hydrogen-bond acceptors (Lipinski definition) is 6. The second kappa shape index (κ2) is 7.69. The van der Waals surface area contributed by atoms with Crippen molar-refractivity contribution in [1.29, 1.82) is 0 Å². The summed E-state index contributed by atoms with van der Waals surface area (Å²) in [5, 5.41) is 26.2. The molecule has 0 radical (unpaired) electrons. The van der Waals surface area contributed by atoms with Gasteiger partial charge in [-0.25, -0.2) is 10.2 Å². The van der Waals surface area contributed by atoms with Gasteiger partial charge in [-0.1, -0.05) is 0 Å². The summed E-state index contributed by atoms with van der Waals surface area (Å²) < 4.78 is 0. The fourth-order valence-electron chi connectivity index (χ4n) is 1.66. The average Bonchev–Trinajstić information content (AvgIpc) is 2.45. The van der Waals surface area contributed by atoms with Crippen molar-refractivity contribution in [3.8, 4) is 0 Å². The molecular formula is C12H15N5O5. The molecule has 0 aliphatic rings. The summed E-state index contributed by atoms with van der Waals surface area (Å²) in [5.74, 6) is -0.423. The van der Waals surface area contributed by atoms with Gasteiger partial charge in [-0.3, -0.25) is 14.9 Å². The number of benzene rings is 1. The highest BCUT2D eigenvalue weighted by Crippen LogP contribution is 2.14. The molecular weight excluding hydrogens is 294 g/mol. The molecule has 0 saturated carbocycles. The Bertz CT molecular complexity index is 598. The van der Waals surface area contributed by atoms with Crippen LogP contribution in [0.15, 0.2) is 29.4 Å². The monoisotopic (exact) mass is 309 g/mol. The van der Waals surface area contributed by atoms with E-state index in [1.807, 2.05) is 5.43 Å². The maximum atomic E-state index is 11.2. The Morgan fingerprint density at radius 3 is 2.41 bits per heavy atom. The first-order valence-electron chi connectivity index (χ1n) is 6.11. The number of carbonyl (C=O) groups is 2. The Morgan fingerprint density at radius 2 is 2.00 bits per heavy atom. The Kier molecular flexibility index (Phi) is 5.96. The number of primary amides is 1. The van der Waals surface area contributed by atoms with Crippen LogP contribution < -0.4 is 16.5 Å². The van der Waals surface area contributed by atoms with Gasteiger partial charge in [-0.2, -0.15) is 5.10 Å². The number of amides is 3. The van der Waals surface area contributed by atoms with Crippen molar-refractivity contribution in [3.63, 3.8) is 0 Å². The highest BCUT2D eigenvalue weighted by molar-refractivity contribution is 6.06. The number of hydrazone groups is 1. The molecule has 1 aromatic rings. The van der Waals surface area contributed by atoms with E-state index in [2.05, 4.69) is 10.4 Å². The number of nitrogens with zero attached hydrogens (tertiary/aromatic N) is 2. The number of nitrogens with one attached hydrogen (secondary N) is 2. The van der Waals surface area contributed by atoms with Gasteiger partial charge in [0.05, 0.1) is 23.3 Å². The van der Waals surface area contributed by atoms with Gasteiger partial charge in [0, 0.05) is 24.6 Å². The minimum Gasteiger partial charge on any atom is -0.394 e. The number of urea groups is 1. The molecule has 22 heavy (non-hydrogen) atoms. The fourth-order valence-corrected chi connectivity index (χ4v) is 1.66. The van der Waals surface area contributed by atoms with Crippen LogP contribution in [0.2, 0.25) is 0 Å². The largest absolute Gasteiger partial charge is 0.394 e. The molecule has 0 saturated heterocycles. The van der Waals surface area contributed by atoms with Gasteiger partial charge in [-0.05, 0) is 12.1 Å². The summed E-state index contributed by atoms with van der Waals surface area (Å²) in [7, 11) is 0. The van der Waals surface area contributed by atoms with Gasteiger partial charge in [0.25, 0.3) is 5.69 Å². The van der Waals surface area contributed by atoms with Crippen molar-refractivity contribution in [1.82, 2.24) is 10.7 Å². The molecule has 0 heterocycles. The number of aliphatic hydroxyl groups excluding tert-OH is 1. The maximum Gasteiger partial charge on any atom is 0.332 e. The van der Waals surface area contributed by atoms with Crippen LogP contribution in [0, 0.1) is 10.1 Å². The van der Waals surface area contributed by atoms with Crippen LogP contribution in [0.1, 0.15) is 12.5 Å². The van der Waals surface area contributed by atoms with Crippen LogP contribution >= 0.6 is 0 Å². The van der Waals surface area contributed by atoms with Crippen LogP contribution in [0.25, 0.3) is 0 Å². The topological polar surface area (TPSA) is 160 Å². The highest BCUT2D eigenvalue weighted by Gasteiger charge is 2.19. The molecule has 1 aromatic carbocycles. The van der Waals surface area contributed by atoms with Crippen molar-refractivity contribution in [2.75, 3.05) is 6.61 Å². The molecule has 118 valence electrons. The lowest BCUT2D eigenvalue weighted by Crippen LogP contribution is -2.44. The molecule has 0 fully saturated rings. The summed E-state index contributed by atoms with van der Waals surface area (Å²) in [6, 6.07) is 3.38. The third kappa shape index (κ3) is 4.83. The first-order chi connectivity index (χ1) is 10.3. The van der Waals surface area contributed by atoms with Gasteiger partial charge in [0.15, 0.2) is 0 Å². The van der Waals surface area contributed by atoms with E-state index in [0.29, 0.717) is 5.56 Å². The Morgan fingerprint density at radius 1 is 1.41 bits per heavy atom. The maximum absolute atomic E-state index is 11.2. The van der Waals surface area contributed by atoms with Gasteiger partial charge in [0.2, 0.25) is 5.91 Å². The van der Waals surface area contributed by atoms with E-state index < -0.39 is 29.5 Å². The van der Waals surface area contributed by atoms with E-state index in [1.54, 1.807) is 0 Å². The number of nitro benzene ring substituents is 1. The Labute approximate surface area is 125 Å². The number of carbonyl (C=O) groups excluding carboxylic acids is 2. The third-order valence-electron chi connectivity index (χ3n) is 2.55. The molecule has 0 aromatic heterocycles. The lowest BCUT2D eigenvalue weighted by Gasteiger charge is -2.18. The second-order valence-electron chi connectivity index (χ2n) is 4.21. The van der Waals surface area contributed by atoms with E-state index >= 15 is 0 Å². The van der Waals surface area contributed by atoms with E-state index in [-0.39, 0.29) is 11.4 Å².